The van der Waals surface area contributed by atoms with Crippen LogP contribution in [-0.2, 0) is 34.2 Å². The average molecular weight is 569 g/mol. The van der Waals surface area contributed by atoms with Crippen molar-refractivity contribution in [2.24, 2.45) is 11.7 Å². The summed E-state index contributed by atoms with van der Waals surface area (Å²) in [5.41, 5.74) is 5.04. The molecule has 0 aromatic carbocycles. The van der Waals surface area contributed by atoms with Gasteiger partial charge >= 0.3 is 11.9 Å². The van der Waals surface area contributed by atoms with Gasteiger partial charge in [-0.3, -0.25) is 14.4 Å². The molecule has 226 valence electrons. The lowest BCUT2D eigenvalue weighted by Crippen LogP contribution is -2.29. The molecular weight excluding hydrogens is 524 g/mol. The number of amides is 1. The summed E-state index contributed by atoms with van der Waals surface area (Å²) in [6, 6.07) is 5.60. The number of aliphatic hydroxyl groups is 1. The quantitative estimate of drug-likeness (QED) is 0.205. The molecule has 1 saturated heterocycles. The normalized spacial score (nSPS) is 16.8. The minimum Gasteiger partial charge on any atom is -0.481 e. The molecule has 2 aromatic rings. The Labute approximate surface area is 235 Å². The highest BCUT2D eigenvalue weighted by atomic mass is 16.6. The summed E-state index contributed by atoms with van der Waals surface area (Å²) in [5, 5.41) is 31.7. The standard InChI is InChI=1S/C15H16N6O4.C4H10.C3H6O2.C2H6O2.C2H6/c16-5-13(23)24-6-10-3-4-15(7-17,25-10)12-2-1-11-14(19-9-22)18-8-20-21(11)12;1-4(2)3;1-2-3(4)5;1-4-2-3;1-2/h1-2,8-10H,3-6,16H2,(H,18,19,20,22);4H,1-3H3;2H2,1H3,(H,4,5);3H,2H2,1H3;1-2H3. The van der Waals surface area contributed by atoms with Crippen molar-refractivity contribution in [1.29, 1.82) is 5.26 Å². The van der Waals surface area contributed by atoms with Crippen LogP contribution in [0.25, 0.3) is 5.52 Å². The van der Waals surface area contributed by atoms with Crippen LogP contribution in [0.5, 0.6) is 0 Å². The van der Waals surface area contributed by atoms with Crippen LogP contribution >= 0.6 is 0 Å². The predicted molar refractivity (Wildman–Crippen MR) is 148 cm³/mol. The zero-order valence-corrected chi connectivity index (χ0v) is 24.4. The Hall–Kier alpha value is -3.64. The van der Waals surface area contributed by atoms with Crippen molar-refractivity contribution in [1.82, 2.24) is 14.6 Å². The van der Waals surface area contributed by atoms with E-state index in [0.29, 0.717) is 36.3 Å². The Balaban J connectivity index is 0. The van der Waals surface area contributed by atoms with Crippen LogP contribution < -0.4 is 11.1 Å². The number of methoxy groups -OCH3 is 1. The third-order valence-electron chi connectivity index (χ3n) is 4.46. The maximum absolute atomic E-state index is 11.2. The Morgan fingerprint density at radius 3 is 2.40 bits per heavy atom. The van der Waals surface area contributed by atoms with Gasteiger partial charge in [0.15, 0.2) is 11.4 Å². The number of hydrogen-bond acceptors (Lipinski definition) is 11. The summed E-state index contributed by atoms with van der Waals surface area (Å²) in [6.07, 6.45) is 2.57. The largest absolute Gasteiger partial charge is 0.481 e. The zero-order chi connectivity index (χ0) is 31.1. The first kappa shape index (κ1) is 38.5. The van der Waals surface area contributed by atoms with Crippen molar-refractivity contribution in [3.8, 4) is 6.07 Å². The number of ether oxygens (including phenoxy) is 3. The van der Waals surface area contributed by atoms with Gasteiger partial charge in [-0.1, -0.05) is 41.5 Å². The van der Waals surface area contributed by atoms with Crippen molar-refractivity contribution in [2.45, 2.75) is 72.5 Å². The number of nitrogens with one attached hydrogen (secondary N) is 1. The predicted octanol–water partition coefficient (Wildman–Crippen LogP) is 2.45. The van der Waals surface area contributed by atoms with Crippen molar-refractivity contribution in [3.63, 3.8) is 0 Å². The van der Waals surface area contributed by atoms with E-state index in [1.807, 2.05) is 13.8 Å². The first-order valence-corrected chi connectivity index (χ1v) is 12.8. The van der Waals surface area contributed by atoms with E-state index in [-0.39, 0.29) is 26.4 Å². The molecule has 3 heterocycles. The molecule has 14 heteroatoms. The number of hydrogen-bond donors (Lipinski definition) is 4. The Morgan fingerprint density at radius 2 is 1.95 bits per heavy atom. The molecule has 0 spiro atoms. The summed E-state index contributed by atoms with van der Waals surface area (Å²) in [7, 11) is 1.43. The van der Waals surface area contributed by atoms with Crippen LogP contribution in [0.2, 0.25) is 0 Å². The molecule has 1 aliphatic rings. The highest BCUT2D eigenvalue weighted by Gasteiger charge is 2.45. The van der Waals surface area contributed by atoms with E-state index in [2.05, 4.69) is 47.0 Å². The van der Waals surface area contributed by atoms with Crippen LogP contribution in [0, 0.1) is 17.2 Å². The third-order valence-corrected chi connectivity index (χ3v) is 4.46. The molecule has 2 aromatic heterocycles. The number of carbonyl (C=O) groups excluding carboxylic acids is 2. The molecule has 0 bridgehead atoms. The van der Waals surface area contributed by atoms with Crippen molar-refractivity contribution >= 4 is 29.7 Å². The monoisotopic (exact) mass is 568 g/mol. The number of nitriles is 1. The van der Waals surface area contributed by atoms with E-state index in [1.54, 1.807) is 19.1 Å². The molecule has 14 nitrogen and oxygen atoms in total. The average Bonchev–Trinajstić information content (AvgIpc) is 3.59. The van der Waals surface area contributed by atoms with Gasteiger partial charge in [-0.25, -0.2) is 9.50 Å². The van der Waals surface area contributed by atoms with Gasteiger partial charge in [-0.15, -0.1) is 0 Å². The second-order valence-corrected chi connectivity index (χ2v) is 8.39. The first-order chi connectivity index (χ1) is 19.0. The van der Waals surface area contributed by atoms with E-state index in [4.69, 9.17) is 25.4 Å². The molecule has 1 aliphatic heterocycles. The number of aliphatic hydroxyl groups excluding tert-OH is 1. The molecule has 5 N–H and O–H groups in total. The van der Waals surface area contributed by atoms with Crippen molar-refractivity contribution < 1.29 is 38.8 Å². The molecule has 1 amide bonds. The lowest BCUT2D eigenvalue weighted by atomic mass is 9.98. The number of aromatic nitrogens is 3. The van der Waals surface area contributed by atoms with Crippen molar-refractivity contribution in [2.75, 3.05) is 32.4 Å². The fraction of sp³-hybridized carbons (Fsp3) is 0.615. The van der Waals surface area contributed by atoms with Crippen LogP contribution in [0.4, 0.5) is 5.82 Å². The second kappa shape index (κ2) is 22.2. The first-order valence-electron chi connectivity index (χ1n) is 12.8. The van der Waals surface area contributed by atoms with Crippen LogP contribution in [0.15, 0.2) is 18.5 Å². The number of nitrogens with zero attached hydrogens (tertiary/aromatic N) is 4. The molecule has 2 unspecified atom stereocenters. The van der Waals surface area contributed by atoms with Gasteiger partial charge in [0.1, 0.15) is 31.3 Å². The number of fused-ring (bicyclic) bond motifs is 1. The number of esters is 1. The molecule has 3 rings (SSSR count). The molecule has 1 fully saturated rings. The summed E-state index contributed by atoms with van der Waals surface area (Å²) in [5.74, 6) is -0.107. The molecule has 40 heavy (non-hydrogen) atoms. The minimum atomic E-state index is -1.22. The number of aliphatic carboxylic acids is 1. The zero-order valence-electron chi connectivity index (χ0n) is 24.4. The van der Waals surface area contributed by atoms with E-state index in [1.165, 1.54) is 18.0 Å². The van der Waals surface area contributed by atoms with Gasteiger partial charge in [-0.2, -0.15) is 10.4 Å². The number of nitrogens with two attached hydrogens (primary N) is 1. The summed E-state index contributed by atoms with van der Waals surface area (Å²) in [4.78, 5) is 35.2. The minimum absolute atomic E-state index is 0.0374. The summed E-state index contributed by atoms with van der Waals surface area (Å²) in [6.45, 7) is 11.8. The summed E-state index contributed by atoms with van der Waals surface area (Å²) >= 11 is 0. The molecule has 0 radical (unpaired) electrons. The smallest absolute Gasteiger partial charge is 0.319 e. The van der Waals surface area contributed by atoms with Gasteiger partial charge in [0.05, 0.1) is 18.3 Å². The maximum Gasteiger partial charge on any atom is 0.319 e. The number of carboxylic acid groups (broad SMARTS) is 1. The number of carboxylic acids is 1. The van der Waals surface area contributed by atoms with E-state index >= 15 is 0 Å². The lowest BCUT2D eigenvalue weighted by molar-refractivity contribution is -0.147. The van der Waals surface area contributed by atoms with Crippen LogP contribution in [-0.4, -0.2) is 76.3 Å². The highest BCUT2D eigenvalue weighted by Crippen LogP contribution is 2.39. The topological polar surface area (TPSA) is 211 Å². The molecule has 0 aliphatic carbocycles. The number of anilines is 1. The summed E-state index contributed by atoms with van der Waals surface area (Å²) < 4.78 is 16.5. The fourth-order valence-corrected chi connectivity index (χ4v) is 2.86. The third kappa shape index (κ3) is 13.9. The van der Waals surface area contributed by atoms with Gasteiger partial charge < -0.3 is 35.5 Å². The van der Waals surface area contributed by atoms with Gasteiger partial charge in [-0.05, 0) is 30.9 Å². The molecule has 0 saturated carbocycles. The van der Waals surface area contributed by atoms with Crippen LogP contribution in [0.1, 0.15) is 66.5 Å². The molecule has 2 atom stereocenters. The Kier molecular flexibility index (Phi) is 21.4. The second-order valence-electron chi connectivity index (χ2n) is 8.39. The maximum atomic E-state index is 11.2. The van der Waals surface area contributed by atoms with E-state index < -0.39 is 23.6 Å². The SMILES string of the molecule is CC.CC(C)C.CCC(=O)O.COCO.N#CC1(c2ccc3c(NC=O)ncnn23)CCC(COC(=O)CN)O1. The lowest BCUT2D eigenvalue weighted by Gasteiger charge is -2.21. The van der Waals surface area contributed by atoms with Gasteiger partial charge in [0.25, 0.3) is 0 Å². The van der Waals surface area contributed by atoms with Crippen molar-refractivity contribution in [3.05, 3.63) is 24.2 Å². The van der Waals surface area contributed by atoms with Gasteiger partial charge in [0, 0.05) is 13.5 Å². The number of carbonyl (C=O) groups is 3. The number of rotatable bonds is 8. The van der Waals surface area contributed by atoms with E-state index in [9.17, 15) is 19.6 Å². The Bertz CT molecular complexity index is 1040. The highest BCUT2D eigenvalue weighted by molar-refractivity contribution is 5.79. The van der Waals surface area contributed by atoms with Gasteiger partial charge in [0.2, 0.25) is 6.41 Å². The molecular formula is C26H44N6O8. The fourth-order valence-electron chi connectivity index (χ4n) is 2.86. The van der Waals surface area contributed by atoms with E-state index in [0.717, 1.165) is 5.92 Å². The Morgan fingerprint density at radius 1 is 1.38 bits per heavy atom. The van der Waals surface area contributed by atoms with Crippen LogP contribution in [0.3, 0.4) is 0 Å².